The summed E-state index contributed by atoms with van der Waals surface area (Å²) in [5.74, 6) is 0.292. The first-order valence-electron chi connectivity index (χ1n) is 7.36. The van der Waals surface area contributed by atoms with Crippen molar-refractivity contribution in [3.05, 3.63) is 20.8 Å². The molecule has 110 valence electrons. The summed E-state index contributed by atoms with van der Waals surface area (Å²) in [6.45, 7) is 0. The van der Waals surface area contributed by atoms with E-state index in [0.717, 1.165) is 23.7 Å². The third kappa shape index (κ3) is 3.26. The molecular weight excluding hydrogens is 336 g/mol. The van der Waals surface area contributed by atoms with Crippen molar-refractivity contribution in [2.24, 2.45) is 0 Å². The van der Waals surface area contributed by atoms with Gasteiger partial charge in [0.15, 0.2) is 0 Å². The van der Waals surface area contributed by atoms with Gasteiger partial charge < -0.3 is 10.2 Å². The first-order valence-corrected chi connectivity index (χ1v) is 9.03. The number of hydrogen-bond acceptors (Lipinski definition) is 3. The molecule has 1 aromatic rings. The van der Waals surface area contributed by atoms with Crippen LogP contribution in [0.25, 0.3) is 0 Å². The molecule has 3 rings (SSSR count). The third-order valence-corrected chi connectivity index (χ3v) is 6.35. The van der Waals surface area contributed by atoms with E-state index in [4.69, 9.17) is 0 Å². The molecule has 0 aliphatic carbocycles. The highest BCUT2D eigenvalue weighted by atomic mass is 79.9. The van der Waals surface area contributed by atoms with Crippen LogP contribution >= 0.6 is 27.3 Å². The number of carbonyl (C=O) groups is 1. The molecule has 0 radical (unpaired) electrons. The Morgan fingerprint density at radius 1 is 1.45 bits per heavy atom. The van der Waals surface area contributed by atoms with Crippen molar-refractivity contribution in [3.63, 3.8) is 0 Å². The van der Waals surface area contributed by atoms with Crippen LogP contribution in [0.4, 0.5) is 0 Å². The standard InChI is InChI=1S/C15H21BrN2OS/c1-18(13-7-11-2-3-12(8-13)17-11)15(19)5-4-14-6-10(16)9-20-14/h6,9,11-13,17H,2-5,7-8H2,1H3. The first-order chi connectivity index (χ1) is 9.61. The van der Waals surface area contributed by atoms with E-state index in [2.05, 4.69) is 32.7 Å². The molecule has 3 nitrogen and oxygen atoms in total. The summed E-state index contributed by atoms with van der Waals surface area (Å²) in [6.07, 6.45) is 6.31. The molecule has 0 saturated carbocycles. The number of piperidine rings is 1. The fourth-order valence-electron chi connectivity index (χ4n) is 3.44. The zero-order valence-electron chi connectivity index (χ0n) is 11.8. The van der Waals surface area contributed by atoms with Gasteiger partial charge in [0.1, 0.15) is 0 Å². The number of nitrogens with one attached hydrogen (secondary N) is 1. The predicted molar refractivity (Wildman–Crippen MR) is 86.1 cm³/mol. The number of rotatable bonds is 4. The average molecular weight is 357 g/mol. The lowest BCUT2D eigenvalue weighted by Gasteiger charge is -2.35. The molecule has 2 aliphatic heterocycles. The maximum atomic E-state index is 12.4. The lowest BCUT2D eigenvalue weighted by atomic mass is 9.98. The molecule has 2 aliphatic rings. The molecule has 2 fully saturated rings. The van der Waals surface area contributed by atoms with Crippen LogP contribution in [0.5, 0.6) is 0 Å². The molecular formula is C15H21BrN2OS. The Morgan fingerprint density at radius 3 is 2.75 bits per heavy atom. The summed E-state index contributed by atoms with van der Waals surface area (Å²) >= 11 is 5.18. The quantitative estimate of drug-likeness (QED) is 0.898. The van der Waals surface area contributed by atoms with Crippen LogP contribution in [-0.2, 0) is 11.2 Å². The van der Waals surface area contributed by atoms with Crippen LogP contribution in [0.2, 0.25) is 0 Å². The lowest BCUT2D eigenvalue weighted by molar-refractivity contribution is -0.132. The van der Waals surface area contributed by atoms with Crippen molar-refractivity contribution in [1.82, 2.24) is 10.2 Å². The number of thiophene rings is 1. The van der Waals surface area contributed by atoms with Gasteiger partial charge in [0, 0.05) is 46.3 Å². The summed E-state index contributed by atoms with van der Waals surface area (Å²) in [4.78, 5) is 15.6. The van der Waals surface area contributed by atoms with Crippen molar-refractivity contribution < 1.29 is 4.79 Å². The minimum absolute atomic E-state index is 0.292. The highest BCUT2D eigenvalue weighted by Gasteiger charge is 2.36. The van der Waals surface area contributed by atoms with Crippen LogP contribution in [0.15, 0.2) is 15.9 Å². The number of amides is 1. The molecule has 1 amide bonds. The van der Waals surface area contributed by atoms with Crippen molar-refractivity contribution >= 4 is 33.2 Å². The Balaban J connectivity index is 1.51. The number of aryl methyl sites for hydroxylation is 1. The summed E-state index contributed by atoms with van der Waals surface area (Å²) < 4.78 is 1.12. The topological polar surface area (TPSA) is 32.3 Å². The lowest BCUT2D eigenvalue weighted by Crippen LogP contribution is -2.48. The largest absolute Gasteiger partial charge is 0.343 e. The summed E-state index contributed by atoms with van der Waals surface area (Å²) in [6, 6.07) is 3.84. The smallest absolute Gasteiger partial charge is 0.222 e. The average Bonchev–Trinajstić information content (AvgIpc) is 3.01. The fourth-order valence-corrected chi connectivity index (χ4v) is 4.89. The van der Waals surface area contributed by atoms with Gasteiger partial charge in [-0.2, -0.15) is 0 Å². The molecule has 2 saturated heterocycles. The van der Waals surface area contributed by atoms with Gasteiger partial charge in [0.25, 0.3) is 0 Å². The van der Waals surface area contributed by atoms with Gasteiger partial charge in [-0.25, -0.2) is 0 Å². The van der Waals surface area contributed by atoms with E-state index in [-0.39, 0.29) is 0 Å². The van der Waals surface area contributed by atoms with E-state index in [1.54, 1.807) is 11.3 Å². The zero-order chi connectivity index (χ0) is 14.1. The van der Waals surface area contributed by atoms with E-state index in [1.165, 1.54) is 17.7 Å². The van der Waals surface area contributed by atoms with Crippen molar-refractivity contribution in [1.29, 1.82) is 0 Å². The van der Waals surface area contributed by atoms with Crippen LogP contribution in [-0.4, -0.2) is 36.0 Å². The Hall–Kier alpha value is -0.390. The normalized spacial score (nSPS) is 28.6. The predicted octanol–water partition coefficient (Wildman–Crippen LogP) is 3.18. The van der Waals surface area contributed by atoms with Crippen molar-refractivity contribution in [2.45, 2.75) is 56.7 Å². The Morgan fingerprint density at radius 2 is 2.15 bits per heavy atom. The fraction of sp³-hybridized carbons (Fsp3) is 0.667. The van der Waals surface area contributed by atoms with E-state index >= 15 is 0 Å². The second kappa shape index (κ2) is 6.16. The molecule has 5 heteroatoms. The summed E-state index contributed by atoms with van der Waals surface area (Å²) in [5.41, 5.74) is 0. The number of nitrogens with zero attached hydrogens (tertiary/aromatic N) is 1. The zero-order valence-corrected chi connectivity index (χ0v) is 14.2. The monoisotopic (exact) mass is 356 g/mol. The van der Waals surface area contributed by atoms with Gasteiger partial charge >= 0.3 is 0 Å². The second-order valence-corrected chi connectivity index (χ2v) is 7.91. The highest BCUT2D eigenvalue weighted by molar-refractivity contribution is 9.10. The van der Waals surface area contributed by atoms with Crippen LogP contribution < -0.4 is 5.32 Å². The van der Waals surface area contributed by atoms with E-state index in [9.17, 15) is 4.79 Å². The number of carbonyl (C=O) groups excluding carboxylic acids is 1. The molecule has 1 N–H and O–H groups in total. The van der Waals surface area contributed by atoms with Gasteiger partial charge in [0.2, 0.25) is 5.91 Å². The van der Waals surface area contributed by atoms with Crippen molar-refractivity contribution in [3.8, 4) is 0 Å². The molecule has 20 heavy (non-hydrogen) atoms. The number of hydrogen-bond donors (Lipinski definition) is 1. The van der Waals surface area contributed by atoms with Crippen LogP contribution in [0.1, 0.15) is 37.0 Å². The van der Waals surface area contributed by atoms with Crippen molar-refractivity contribution in [2.75, 3.05) is 7.05 Å². The highest BCUT2D eigenvalue weighted by Crippen LogP contribution is 2.29. The second-order valence-electron chi connectivity index (χ2n) is 6.00. The minimum atomic E-state index is 0.292. The molecule has 2 bridgehead atoms. The first kappa shape index (κ1) is 14.5. The van der Waals surface area contributed by atoms with Gasteiger partial charge in [-0.15, -0.1) is 11.3 Å². The van der Waals surface area contributed by atoms with E-state index in [1.807, 2.05) is 11.9 Å². The summed E-state index contributed by atoms with van der Waals surface area (Å²) in [7, 11) is 1.99. The third-order valence-electron chi connectivity index (χ3n) is 4.60. The van der Waals surface area contributed by atoms with Gasteiger partial charge in [-0.1, -0.05) is 0 Å². The molecule has 2 unspecified atom stereocenters. The minimum Gasteiger partial charge on any atom is -0.343 e. The summed E-state index contributed by atoms with van der Waals surface area (Å²) in [5, 5.41) is 5.71. The Bertz CT molecular complexity index is 478. The maximum Gasteiger partial charge on any atom is 0.222 e. The van der Waals surface area contributed by atoms with Gasteiger partial charge in [0.05, 0.1) is 0 Å². The van der Waals surface area contributed by atoms with Crippen LogP contribution in [0.3, 0.4) is 0 Å². The Labute approximate surface area is 132 Å². The molecule has 0 aromatic carbocycles. The SMILES string of the molecule is CN(C(=O)CCc1cc(Br)cs1)C1CC2CCC(C1)N2. The molecule has 0 spiro atoms. The van der Waals surface area contributed by atoms with Gasteiger partial charge in [-0.3, -0.25) is 4.79 Å². The van der Waals surface area contributed by atoms with Crippen LogP contribution in [0, 0.1) is 0 Å². The Kier molecular flexibility index (Phi) is 4.48. The van der Waals surface area contributed by atoms with Gasteiger partial charge in [-0.05, 0) is 54.1 Å². The number of halogens is 1. The maximum absolute atomic E-state index is 12.4. The molecule has 3 heterocycles. The number of fused-ring (bicyclic) bond motifs is 2. The van der Waals surface area contributed by atoms with E-state index in [0.29, 0.717) is 30.5 Å². The molecule has 1 aromatic heterocycles. The van der Waals surface area contributed by atoms with E-state index < -0.39 is 0 Å². The molecule has 2 atom stereocenters.